The minimum Gasteiger partial charge on any atom is -0.459 e. The van der Waals surface area contributed by atoms with Crippen LogP contribution in [0.1, 0.15) is 48.9 Å². The molecule has 1 fully saturated rings. The molecule has 0 spiro atoms. The lowest BCUT2D eigenvalue weighted by molar-refractivity contribution is -0.135. The number of nitrogens with zero attached hydrogens (tertiary/aromatic N) is 1. The van der Waals surface area contributed by atoms with Gasteiger partial charge < -0.3 is 19.6 Å². The van der Waals surface area contributed by atoms with Gasteiger partial charge in [0.2, 0.25) is 5.91 Å². The highest BCUT2D eigenvalue weighted by atomic mass is 16.3. The Morgan fingerprint density at radius 1 is 1.14 bits per heavy atom. The van der Waals surface area contributed by atoms with Gasteiger partial charge in [-0.1, -0.05) is 32.0 Å². The molecular weight excluding hydrogens is 366 g/mol. The van der Waals surface area contributed by atoms with Crippen LogP contribution in [0, 0.1) is 5.92 Å². The molecule has 3 aromatic rings. The van der Waals surface area contributed by atoms with Crippen molar-refractivity contribution < 1.29 is 14.0 Å². The van der Waals surface area contributed by atoms with Crippen molar-refractivity contribution in [3.8, 4) is 0 Å². The number of carbonyl (C=O) groups excluding carboxylic acids is 2. The first-order valence-electron chi connectivity index (χ1n) is 10.2. The molecule has 0 aliphatic carbocycles. The normalized spacial score (nSPS) is 16.3. The fraction of sp³-hybridized carbons (Fsp3) is 0.391. The second kappa shape index (κ2) is 8.15. The first-order valence-corrected chi connectivity index (χ1v) is 10.2. The number of H-pyrrole nitrogens is 1. The highest BCUT2D eigenvalue weighted by molar-refractivity contribution is 5.95. The maximum absolute atomic E-state index is 13.1. The summed E-state index contributed by atoms with van der Waals surface area (Å²) in [6, 6.07) is 13.2. The average Bonchev–Trinajstić information content (AvgIpc) is 3.41. The molecule has 2 aromatic heterocycles. The molecule has 1 saturated heterocycles. The molecular formula is C23H27N3O3. The molecule has 0 radical (unpaired) electrons. The first-order chi connectivity index (χ1) is 14.0. The summed E-state index contributed by atoms with van der Waals surface area (Å²) in [5, 5.41) is 4.07. The van der Waals surface area contributed by atoms with E-state index in [1.165, 1.54) is 17.3 Å². The summed E-state index contributed by atoms with van der Waals surface area (Å²) in [5.41, 5.74) is 2.39. The zero-order chi connectivity index (χ0) is 20.4. The van der Waals surface area contributed by atoms with E-state index in [0.717, 1.165) is 18.4 Å². The van der Waals surface area contributed by atoms with E-state index in [1.54, 1.807) is 12.1 Å². The minimum absolute atomic E-state index is 0.00663. The van der Waals surface area contributed by atoms with Gasteiger partial charge >= 0.3 is 0 Å². The number of benzene rings is 1. The number of hydrogen-bond donors (Lipinski definition) is 2. The Hall–Kier alpha value is -3.02. The van der Waals surface area contributed by atoms with Gasteiger partial charge in [-0.05, 0) is 48.4 Å². The van der Waals surface area contributed by atoms with Crippen LogP contribution in [0.5, 0.6) is 0 Å². The Bertz CT molecular complexity index is 949. The predicted octanol–water partition coefficient (Wildman–Crippen LogP) is 3.92. The number of fused-ring (bicyclic) bond motifs is 1. The highest BCUT2D eigenvalue weighted by Crippen LogP contribution is 2.30. The first kappa shape index (κ1) is 19.3. The van der Waals surface area contributed by atoms with E-state index in [2.05, 4.69) is 28.5 Å². The van der Waals surface area contributed by atoms with Crippen molar-refractivity contribution in [2.45, 2.75) is 38.6 Å². The quantitative estimate of drug-likeness (QED) is 0.690. The third-order valence-corrected chi connectivity index (χ3v) is 5.76. The fourth-order valence-corrected chi connectivity index (χ4v) is 4.06. The monoisotopic (exact) mass is 393 g/mol. The van der Waals surface area contributed by atoms with Crippen LogP contribution < -0.4 is 5.32 Å². The summed E-state index contributed by atoms with van der Waals surface area (Å²) in [6.45, 7) is 5.28. The van der Waals surface area contributed by atoms with Crippen LogP contribution in [0.3, 0.4) is 0 Å². The van der Waals surface area contributed by atoms with Crippen molar-refractivity contribution in [2.75, 3.05) is 13.1 Å². The fourth-order valence-electron chi connectivity index (χ4n) is 4.06. The number of amides is 2. The van der Waals surface area contributed by atoms with Gasteiger partial charge in [0.15, 0.2) is 5.76 Å². The molecule has 1 aliphatic heterocycles. The number of hydrogen-bond acceptors (Lipinski definition) is 3. The Morgan fingerprint density at radius 2 is 1.90 bits per heavy atom. The standard InChI is InChI=1S/C23H27N3O3/c1-15(2)21(25-22(27)20-8-5-13-29-20)23(28)26-11-9-16(10-12-26)19-14-17-6-3-4-7-18(17)24-19/h3-8,13-16,21,24H,9-12H2,1-2H3,(H,25,27). The number of aromatic amines is 1. The van der Waals surface area contributed by atoms with Crippen LogP contribution in [0.15, 0.2) is 53.1 Å². The second-order valence-electron chi connectivity index (χ2n) is 8.08. The largest absolute Gasteiger partial charge is 0.459 e. The third kappa shape index (κ3) is 4.06. The van der Waals surface area contributed by atoms with Gasteiger partial charge in [-0.2, -0.15) is 0 Å². The zero-order valence-electron chi connectivity index (χ0n) is 16.9. The van der Waals surface area contributed by atoms with Gasteiger partial charge in [-0.25, -0.2) is 0 Å². The average molecular weight is 393 g/mol. The van der Waals surface area contributed by atoms with E-state index < -0.39 is 6.04 Å². The SMILES string of the molecule is CC(C)C(NC(=O)c1ccco1)C(=O)N1CCC(c2cc3ccccc3[nH]2)CC1. The minimum atomic E-state index is -0.558. The molecule has 1 aliphatic rings. The molecule has 1 atom stereocenters. The number of para-hydroxylation sites is 1. The van der Waals surface area contributed by atoms with Gasteiger partial charge in [0, 0.05) is 30.2 Å². The van der Waals surface area contributed by atoms with Crippen molar-refractivity contribution in [1.29, 1.82) is 0 Å². The Balaban J connectivity index is 1.39. The van der Waals surface area contributed by atoms with E-state index in [4.69, 9.17) is 4.42 Å². The van der Waals surface area contributed by atoms with Gasteiger partial charge in [0.05, 0.1) is 6.26 Å². The molecule has 1 unspecified atom stereocenters. The van der Waals surface area contributed by atoms with E-state index in [0.29, 0.717) is 19.0 Å². The van der Waals surface area contributed by atoms with Crippen molar-refractivity contribution in [3.05, 3.63) is 60.2 Å². The number of piperidine rings is 1. The number of aromatic nitrogens is 1. The lowest BCUT2D eigenvalue weighted by Gasteiger charge is -2.35. The predicted molar refractivity (Wildman–Crippen MR) is 112 cm³/mol. The highest BCUT2D eigenvalue weighted by Gasteiger charge is 2.32. The Kier molecular flexibility index (Phi) is 5.43. The Labute approximate surface area is 170 Å². The molecule has 152 valence electrons. The van der Waals surface area contributed by atoms with Crippen LogP contribution >= 0.6 is 0 Å². The molecule has 6 nitrogen and oxygen atoms in total. The number of furan rings is 1. The molecule has 4 rings (SSSR count). The summed E-state index contributed by atoms with van der Waals surface area (Å²) in [6.07, 6.45) is 3.28. The number of likely N-dealkylation sites (tertiary alicyclic amines) is 1. The van der Waals surface area contributed by atoms with Crippen molar-refractivity contribution in [1.82, 2.24) is 15.2 Å². The summed E-state index contributed by atoms with van der Waals surface area (Å²) in [5.74, 6) is 0.264. The van der Waals surface area contributed by atoms with E-state index in [-0.39, 0.29) is 23.5 Å². The number of nitrogens with one attached hydrogen (secondary N) is 2. The lowest BCUT2D eigenvalue weighted by atomic mass is 9.92. The molecule has 0 bridgehead atoms. The second-order valence-corrected chi connectivity index (χ2v) is 8.08. The molecule has 3 heterocycles. The van der Waals surface area contributed by atoms with E-state index in [1.807, 2.05) is 30.9 Å². The van der Waals surface area contributed by atoms with Gasteiger partial charge in [0.1, 0.15) is 6.04 Å². The number of carbonyl (C=O) groups is 2. The van der Waals surface area contributed by atoms with Gasteiger partial charge in [0.25, 0.3) is 5.91 Å². The number of rotatable bonds is 5. The van der Waals surface area contributed by atoms with Gasteiger partial charge in [-0.15, -0.1) is 0 Å². The smallest absolute Gasteiger partial charge is 0.287 e. The summed E-state index contributed by atoms with van der Waals surface area (Å²) in [4.78, 5) is 30.9. The topological polar surface area (TPSA) is 78.3 Å². The summed E-state index contributed by atoms with van der Waals surface area (Å²) in [7, 11) is 0. The lowest BCUT2D eigenvalue weighted by Crippen LogP contribution is -2.52. The third-order valence-electron chi connectivity index (χ3n) is 5.76. The molecule has 2 N–H and O–H groups in total. The summed E-state index contributed by atoms with van der Waals surface area (Å²) < 4.78 is 5.15. The van der Waals surface area contributed by atoms with Crippen molar-refractivity contribution in [3.63, 3.8) is 0 Å². The maximum atomic E-state index is 13.1. The van der Waals surface area contributed by atoms with Gasteiger partial charge in [-0.3, -0.25) is 9.59 Å². The summed E-state index contributed by atoms with van der Waals surface area (Å²) >= 11 is 0. The molecule has 29 heavy (non-hydrogen) atoms. The maximum Gasteiger partial charge on any atom is 0.287 e. The Morgan fingerprint density at radius 3 is 2.55 bits per heavy atom. The van der Waals surface area contributed by atoms with Crippen LogP contribution in [0.25, 0.3) is 10.9 Å². The van der Waals surface area contributed by atoms with Crippen LogP contribution in [0.2, 0.25) is 0 Å². The van der Waals surface area contributed by atoms with E-state index >= 15 is 0 Å². The zero-order valence-corrected chi connectivity index (χ0v) is 16.9. The molecule has 1 aromatic carbocycles. The van der Waals surface area contributed by atoms with Crippen LogP contribution in [0.4, 0.5) is 0 Å². The van der Waals surface area contributed by atoms with Crippen LogP contribution in [-0.2, 0) is 4.79 Å². The van der Waals surface area contributed by atoms with Crippen molar-refractivity contribution in [2.24, 2.45) is 5.92 Å². The van der Waals surface area contributed by atoms with E-state index in [9.17, 15) is 9.59 Å². The molecule has 6 heteroatoms. The van der Waals surface area contributed by atoms with Crippen molar-refractivity contribution >= 4 is 22.7 Å². The molecule has 0 saturated carbocycles. The molecule has 2 amide bonds. The van der Waals surface area contributed by atoms with Crippen LogP contribution in [-0.4, -0.2) is 40.8 Å².